The normalized spacial score (nSPS) is 14.7. The Morgan fingerprint density at radius 2 is 1.70 bits per heavy atom. The van der Waals surface area contributed by atoms with Crippen LogP contribution in [-0.4, -0.2) is 61.0 Å². The van der Waals surface area contributed by atoms with Crippen molar-refractivity contribution in [2.24, 2.45) is 0 Å². The number of ether oxygens (including phenoxy) is 1. The minimum absolute atomic E-state index is 0.0574. The lowest BCUT2D eigenvalue weighted by atomic mass is 10.0. The summed E-state index contributed by atoms with van der Waals surface area (Å²) >= 11 is 0. The third-order valence-electron chi connectivity index (χ3n) is 6.97. The number of anilines is 3. The van der Waals surface area contributed by atoms with E-state index in [2.05, 4.69) is 20.5 Å². The molecule has 208 valence electrons. The third kappa shape index (κ3) is 6.35. The van der Waals surface area contributed by atoms with Gasteiger partial charge in [-0.25, -0.2) is 4.98 Å². The number of likely N-dealkylation sites (N-methyl/N-ethyl adjacent to an activating group) is 1. The van der Waals surface area contributed by atoms with E-state index in [0.717, 1.165) is 35.8 Å². The Morgan fingerprint density at radius 3 is 2.45 bits per heavy atom. The average molecular weight is 550 g/mol. The first-order valence-electron chi connectivity index (χ1n) is 12.9. The molecule has 0 bridgehead atoms. The summed E-state index contributed by atoms with van der Waals surface area (Å²) in [4.78, 5) is 21.7. The highest BCUT2D eigenvalue weighted by molar-refractivity contribution is 6.04. The van der Waals surface area contributed by atoms with Gasteiger partial charge in [0.25, 0.3) is 5.91 Å². The number of nitrogens with zero attached hydrogens (tertiary/aromatic N) is 3. The topological polar surface area (TPSA) is 69.7 Å². The monoisotopic (exact) mass is 549 g/mol. The largest absolute Gasteiger partial charge is 0.496 e. The number of methoxy groups -OCH3 is 1. The molecule has 1 amide bonds. The number of benzene rings is 3. The maximum absolute atomic E-state index is 14.0. The summed E-state index contributed by atoms with van der Waals surface area (Å²) in [5.74, 6) is 0.696. The van der Waals surface area contributed by atoms with Gasteiger partial charge in [0.15, 0.2) is 0 Å². The minimum Gasteiger partial charge on any atom is -0.496 e. The van der Waals surface area contributed by atoms with Crippen molar-refractivity contribution in [2.45, 2.75) is 12.7 Å². The Morgan fingerprint density at radius 1 is 0.950 bits per heavy atom. The summed E-state index contributed by atoms with van der Waals surface area (Å²) in [5.41, 5.74) is 1.18. The fraction of sp³-hybridized carbons (Fsp3) is 0.267. The number of amides is 1. The van der Waals surface area contributed by atoms with E-state index in [-0.39, 0.29) is 17.7 Å². The number of nitrogens with one attached hydrogen (secondary N) is 2. The van der Waals surface area contributed by atoms with Gasteiger partial charge in [-0.3, -0.25) is 9.69 Å². The SMILES string of the molecule is COc1cccc2nc(Nc3cccc(NC(=O)c4ccc(CN5CCN(C)CC5)c(C(F)(F)F)c4)c3)ccc12. The number of rotatable bonds is 7. The Kier molecular flexibility index (Phi) is 7.90. The summed E-state index contributed by atoms with van der Waals surface area (Å²) < 4.78 is 47.2. The van der Waals surface area contributed by atoms with Gasteiger partial charge in [-0.15, -0.1) is 0 Å². The Balaban J connectivity index is 1.30. The van der Waals surface area contributed by atoms with Gasteiger partial charge in [-0.1, -0.05) is 18.2 Å². The average Bonchev–Trinajstić information content (AvgIpc) is 2.93. The Labute approximate surface area is 230 Å². The molecule has 10 heteroatoms. The van der Waals surface area contributed by atoms with Crippen molar-refractivity contribution in [1.82, 2.24) is 14.8 Å². The van der Waals surface area contributed by atoms with Crippen LogP contribution in [0.1, 0.15) is 21.5 Å². The Bertz CT molecular complexity index is 1520. The summed E-state index contributed by atoms with van der Waals surface area (Å²) in [5, 5.41) is 6.80. The zero-order valence-electron chi connectivity index (χ0n) is 22.3. The number of fused-ring (bicyclic) bond motifs is 1. The molecule has 7 nitrogen and oxygen atoms in total. The molecule has 0 radical (unpaired) electrons. The summed E-state index contributed by atoms with van der Waals surface area (Å²) in [6.45, 7) is 3.20. The van der Waals surface area contributed by atoms with Crippen LogP contribution in [0.4, 0.5) is 30.4 Å². The maximum Gasteiger partial charge on any atom is 0.416 e. The molecule has 3 aromatic carbocycles. The van der Waals surface area contributed by atoms with Crippen molar-refractivity contribution >= 4 is 34.0 Å². The second kappa shape index (κ2) is 11.5. The second-order valence-electron chi connectivity index (χ2n) is 9.83. The zero-order valence-corrected chi connectivity index (χ0v) is 22.3. The van der Waals surface area contributed by atoms with Gasteiger partial charge in [0, 0.05) is 55.0 Å². The number of halogens is 3. The van der Waals surface area contributed by atoms with Gasteiger partial charge in [0.1, 0.15) is 11.6 Å². The molecule has 40 heavy (non-hydrogen) atoms. The highest BCUT2D eigenvalue weighted by atomic mass is 19.4. The van der Waals surface area contributed by atoms with Crippen LogP contribution < -0.4 is 15.4 Å². The number of hydrogen-bond acceptors (Lipinski definition) is 6. The smallest absolute Gasteiger partial charge is 0.416 e. The number of piperazine rings is 1. The van der Waals surface area contributed by atoms with Gasteiger partial charge in [-0.05, 0) is 67.2 Å². The molecule has 0 spiro atoms. The summed E-state index contributed by atoms with van der Waals surface area (Å²) in [6.07, 6.45) is -4.57. The lowest BCUT2D eigenvalue weighted by Gasteiger charge is -2.33. The number of hydrogen-bond donors (Lipinski definition) is 2. The molecule has 1 fully saturated rings. The standard InChI is InChI=1S/C30H30F3N5O2/c1-37-13-15-38(16-14-37)19-21-10-9-20(17-25(21)30(31,32)33)29(39)35-23-6-3-5-22(18-23)34-28-12-11-24-26(36-28)7-4-8-27(24)40-2/h3-12,17-18H,13-16,19H2,1-2H3,(H,34,36)(H,35,39). The highest BCUT2D eigenvalue weighted by Crippen LogP contribution is 2.34. The summed E-state index contributed by atoms with van der Waals surface area (Å²) in [6, 6.07) is 20.0. The Hall–Kier alpha value is -4.15. The molecule has 1 aromatic heterocycles. The molecule has 2 heterocycles. The molecular formula is C30H30F3N5O2. The van der Waals surface area contributed by atoms with E-state index in [1.165, 1.54) is 12.1 Å². The highest BCUT2D eigenvalue weighted by Gasteiger charge is 2.34. The molecule has 0 aliphatic carbocycles. The van der Waals surface area contributed by atoms with E-state index in [1.807, 2.05) is 48.3 Å². The van der Waals surface area contributed by atoms with Crippen LogP contribution in [0.2, 0.25) is 0 Å². The van der Waals surface area contributed by atoms with E-state index < -0.39 is 17.6 Å². The van der Waals surface area contributed by atoms with Crippen molar-refractivity contribution in [1.29, 1.82) is 0 Å². The molecule has 0 saturated carbocycles. The first-order chi connectivity index (χ1) is 19.2. The van der Waals surface area contributed by atoms with Crippen LogP contribution in [-0.2, 0) is 12.7 Å². The van der Waals surface area contributed by atoms with Gasteiger partial charge >= 0.3 is 6.18 Å². The van der Waals surface area contributed by atoms with Crippen LogP contribution in [0.25, 0.3) is 10.9 Å². The number of carbonyl (C=O) groups is 1. The zero-order chi connectivity index (χ0) is 28.3. The van der Waals surface area contributed by atoms with Crippen molar-refractivity contribution in [3.8, 4) is 5.75 Å². The van der Waals surface area contributed by atoms with E-state index in [1.54, 1.807) is 25.3 Å². The minimum atomic E-state index is -4.57. The molecule has 0 unspecified atom stereocenters. The summed E-state index contributed by atoms with van der Waals surface area (Å²) in [7, 11) is 3.60. The maximum atomic E-state index is 14.0. The molecule has 1 aliphatic heterocycles. The number of aromatic nitrogens is 1. The number of carbonyl (C=O) groups excluding carboxylic acids is 1. The molecule has 1 aliphatic rings. The molecule has 4 aromatic rings. The van der Waals surface area contributed by atoms with Crippen molar-refractivity contribution in [2.75, 3.05) is 51.0 Å². The lowest BCUT2D eigenvalue weighted by molar-refractivity contribution is -0.138. The lowest BCUT2D eigenvalue weighted by Crippen LogP contribution is -2.44. The van der Waals surface area contributed by atoms with Gasteiger partial charge < -0.3 is 20.3 Å². The van der Waals surface area contributed by atoms with Crippen LogP contribution in [0.3, 0.4) is 0 Å². The molecular weight excluding hydrogens is 519 g/mol. The first kappa shape index (κ1) is 27.4. The first-order valence-corrected chi connectivity index (χ1v) is 12.9. The molecule has 5 rings (SSSR count). The number of alkyl halides is 3. The van der Waals surface area contributed by atoms with Crippen molar-refractivity contribution < 1.29 is 22.7 Å². The van der Waals surface area contributed by atoms with E-state index >= 15 is 0 Å². The predicted molar refractivity (Wildman–Crippen MR) is 150 cm³/mol. The van der Waals surface area contributed by atoms with E-state index in [0.29, 0.717) is 30.3 Å². The van der Waals surface area contributed by atoms with Crippen molar-refractivity contribution in [3.63, 3.8) is 0 Å². The van der Waals surface area contributed by atoms with E-state index in [4.69, 9.17) is 4.74 Å². The van der Waals surface area contributed by atoms with Gasteiger partial charge in [-0.2, -0.15) is 13.2 Å². The van der Waals surface area contributed by atoms with Gasteiger partial charge in [0.2, 0.25) is 0 Å². The van der Waals surface area contributed by atoms with Crippen LogP contribution in [0.5, 0.6) is 5.75 Å². The van der Waals surface area contributed by atoms with Crippen molar-refractivity contribution in [3.05, 3.63) is 89.5 Å². The third-order valence-corrected chi connectivity index (χ3v) is 6.97. The van der Waals surface area contributed by atoms with Crippen LogP contribution in [0, 0.1) is 0 Å². The molecule has 2 N–H and O–H groups in total. The fourth-order valence-electron chi connectivity index (χ4n) is 4.77. The molecule has 1 saturated heterocycles. The van der Waals surface area contributed by atoms with Crippen LogP contribution in [0.15, 0.2) is 72.8 Å². The van der Waals surface area contributed by atoms with Crippen LogP contribution >= 0.6 is 0 Å². The van der Waals surface area contributed by atoms with Gasteiger partial charge in [0.05, 0.1) is 18.2 Å². The predicted octanol–water partition coefficient (Wildman–Crippen LogP) is 6.01. The number of pyridine rings is 1. The second-order valence-corrected chi connectivity index (χ2v) is 9.83. The fourth-order valence-corrected chi connectivity index (χ4v) is 4.77. The van der Waals surface area contributed by atoms with E-state index in [9.17, 15) is 18.0 Å². The molecule has 0 atom stereocenters. The quantitative estimate of drug-likeness (QED) is 0.295.